The molecule has 0 aliphatic carbocycles. The quantitative estimate of drug-likeness (QED) is 0.866. The van der Waals surface area contributed by atoms with Crippen LogP contribution in [0, 0.1) is 0 Å². The molecule has 2 rings (SSSR count). The van der Waals surface area contributed by atoms with E-state index >= 15 is 0 Å². The molecule has 1 aliphatic rings. The topological polar surface area (TPSA) is 50.8 Å². The number of carbonyl (C=O) groups is 1. The first-order valence-corrected chi connectivity index (χ1v) is 7.53. The molecule has 1 saturated heterocycles. The Morgan fingerprint density at radius 1 is 1.48 bits per heavy atom. The third kappa shape index (κ3) is 5.53. The molecule has 1 N–H and O–H groups in total. The average molecular weight is 313 g/mol. The first-order valence-electron chi connectivity index (χ1n) is 7.15. The van der Waals surface area contributed by atoms with Gasteiger partial charge in [0, 0.05) is 31.2 Å². The SMILES string of the molecule is C[C@H](Oc1cccc(Cl)c1)C(=O)NCCN1CCOCC1. The van der Waals surface area contributed by atoms with Gasteiger partial charge in [-0.05, 0) is 25.1 Å². The zero-order chi connectivity index (χ0) is 15.1. The van der Waals surface area contributed by atoms with Crippen LogP contribution in [0.1, 0.15) is 6.92 Å². The maximum Gasteiger partial charge on any atom is 0.260 e. The van der Waals surface area contributed by atoms with Crippen LogP contribution in [0.25, 0.3) is 0 Å². The molecule has 0 bridgehead atoms. The summed E-state index contributed by atoms with van der Waals surface area (Å²) in [5.41, 5.74) is 0. The Morgan fingerprint density at radius 2 is 2.24 bits per heavy atom. The Bertz CT molecular complexity index is 464. The summed E-state index contributed by atoms with van der Waals surface area (Å²) in [5.74, 6) is 0.474. The fourth-order valence-corrected chi connectivity index (χ4v) is 2.28. The Hall–Kier alpha value is -1.30. The monoisotopic (exact) mass is 312 g/mol. The van der Waals surface area contributed by atoms with Crippen LogP contribution < -0.4 is 10.1 Å². The van der Waals surface area contributed by atoms with Gasteiger partial charge in [-0.25, -0.2) is 0 Å². The molecular weight excluding hydrogens is 292 g/mol. The maximum atomic E-state index is 12.0. The van der Waals surface area contributed by atoms with Crippen LogP contribution in [0.4, 0.5) is 0 Å². The Morgan fingerprint density at radius 3 is 2.95 bits per heavy atom. The summed E-state index contributed by atoms with van der Waals surface area (Å²) < 4.78 is 10.9. The summed E-state index contributed by atoms with van der Waals surface area (Å²) in [5, 5.41) is 3.48. The highest BCUT2D eigenvalue weighted by atomic mass is 35.5. The van der Waals surface area contributed by atoms with Crippen molar-refractivity contribution in [2.45, 2.75) is 13.0 Å². The third-order valence-corrected chi connectivity index (χ3v) is 3.54. The second kappa shape index (κ2) is 8.22. The predicted octanol–water partition coefficient (Wildman–Crippen LogP) is 1.56. The van der Waals surface area contributed by atoms with E-state index in [0.29, 0.717) is 17.3 Å². The molecule has 0 unspecified atom stereocenters. The van der Waals surface area contributed by atoms with Gasteiger partial charge in [0.2, 0.25) is 0 Å². The summed E-state index contributed by atoms with van der Waals surface area (Å²) in [4.78, 5) is 14.2. The highest BCUT2D eigenvalue weighted by molar-refractivity contribution is 6.30. The average Bonchev–Trinajstić information content (AvgIpc) is 2.48. The third-order valence-electron chi connectivity index (χ3n) is 3.31. The molecule has 1 amide bonds. The summed E-state index contributed by atoms with van der Waals surface area (Å²) in [7, 11) is 0. The van der Waals surface area contributed by atoms with Gasteiger partial charge >= 0.3 is 0 Å². The van der Waals surface area contributed by atoms with E-state index < -0.39 is 6.10 Å². The number of nitrogens with one attached hydrogen (secondary N) is 1. The normalized spacial score (nSPS) is 17.2. The van der Waals surface area contributed by atoms with E-state index in [2.05, 4.69) is 10.2 Å². The fraction of sp³-hybridized carbons (Fsp3) is 0.533. The number of benzene rings is 1. The van der Waals surface area contributed by atoms with Gasteiger partial charge in [0.25, 0.3) is 5.91 Å². The van der Waals surface area contributed by atoms with Crippen LogP contribution in [-0.2, 0) is 9.53 Å². The molecule has 0 spiro atoms. The van der Waals surface area contributed by atoms with Crippen LogP contribution in [0.5, 0.6) is 5.75 Å². The highest BCUT2D eigenvalue weighted by Crippen LogP contribution is 2.18. The molecule has 1 aliphatic heterocycles. The van der Waals surface area contributed by atoms with Gasteiger partial charge in [-0.3, -0.25) is 9.69 Å². The predicted molar refractivity (Wildman–Crippen MR) is 81.8 cm³/mol. The van der Waals surface area contributed by atoms with Crippen molar-refractivity contribution in [3.63, 3.8) is 0 Å². The number of hydrogen-bond donors (Lipinski definition) is 1. The molecule has 1 aromatic carbocycles. The van der Waals surface area contributed by atoms with Gasteiger partial charge in [0.1, 0.15) is 5.75 Å². The lowest BCUT2D eigenvalue weighted by atomic mass is 10.3. The summed E-state index contributed by atoms with van der Waals surface area (Å²) in [6.07, 6.45) is -0.548. The van der Waals surface area contributed by atoms with Crippen LogP contribution in [0.2, 0.25) is 5.02 Å². The van der Waals surface area contributed by atoms with E-state index in [1.165, 1.54) is 0 Å². The lowest BCUT2D eigenvalue weighted by molar-refractivity contribution is -0.127. The molecule has 0 radical (unpaired) electrons. The van der Waals surface area contributed by atoms with E-state index in [9.17, 15) is 4.79 Å². The minimum atomic E-state index is -0.548. The largest absolute Gasteiger partial charge is 0.481 e. The molecule has 1 atom stereocenters. The van der Waals surface area contributed by atoms with Crippen molar-refractivity contribution < 1.29 is 14.3 Å². The lowest BCUT2D eigenvalue weighted by Gasteiger charge is -2.26. The van der Waals surface area contributed by atoms with E-state index in [0.717, 1.165) is 32.8 Å². The second-order valence-electron chi connectivity index (χ2n) is 4.96. The van der Waals surface area contributed by atoms with Crippen molar-refractivity contribution in [3.8, 4) is 5.75 Å². The molecule has 1 heterocycles. The lowest BCUT2D eigenvalue weighted by Crippen LogP contribution is -2.43. The minimum Gasteiger partial charge on any atom is -0.481 e. The van der Waals surface area contributed by atoms with E-state index in [1.54, 1.807) is 31.2 Å². The van der Waals surface area contributed by atoms with Crippen LogP contribution in [0.3, 0.4) is 0 Å². The Labute approximate surface area is 130 Å². The van der Waals surface area contributed by atoms with Gasteiger partial charge in [-0.2, -0.15) is 0 Å². The number of carbonyl (C=O) groups excluding carboxylic acids is 1. The number of nitrogens with zero attached hydrogens (tertiary/aromatic N) is 1. The van der Waals surface area contributed by atoms with Crippen molar-refractivity contribution >= 4 is 17.5 Å². The molecular formula is C15H21ClN2O3. The van der Waals surface area contributed by atoms with Gasteiger partial charge in [0.15, 0.2) is 6.10 Å². The van der Waals surface area contributed by atoms with Crippen molar-refractivity contribution in [2.24, 2.45) is 0 Å². The fourth-order valence-electron chi connectivity index (χ4n) is 2.10. The molecule has 6 heteroatoms. The molecule has 1 aromatic rings. The van der Waals surface area contributed by atoms with Crippen LogP contribution in [-0.4, -0.2) is 56.3 Å². The zero-order valence-electron chi connectivity index (χ0n) is 12.2. The standard InChI is InChI=1S/C15H21ClN2O3/c1-12(21-14-4-2-3-13(16)11-14)15(19)17-5-6-18-7-9-20-10-8-18/h2-4,11-12H,5-10H2,1H3,(H,17,19)/t12-/m0/s1. The molecule has 21 heavy (non-hydrogen) atoms. The van der Waals surface area contributed by atoms with Gasteiger partial charge in [-0.15, -0.1) is 0 Å². The van der Waals surface area contributed by atoms with E-state index in [-0.39, 0.29) is 5.91 Å². The molecule has 116 valence electrons. The zero-order valence-corrected chi connectivity index (χ0v) is 12.9. The Kier molecular flexibility index (Phi) is 6.29. The number of amides is 1. The number of rotatable bonds is 6. The van der Waals surface area contributed by atoms with Crippen molar-refractivity contribution in [1.82, 2.24) is 10.2 Å². The number of halogens is 1. The van der Waals surface area contributed by atoms with Crippen LogP contribution in [0.15, 0.2) is 24.3 Å². The van der Waals surface area contributed by atoms with Crippen LogP contribution >= 0.6 is 11.6 Å². The first kappa shape index (κ1) is 16.1. The van der Waals surface area contributed by atoms with Gasteiger partial charge in [0.05, 0.1) is 13.2 Å². The van der Waals surface area contributed by atoms with Crippen molar-refractivity contribution in [2.75, 3.05) is 39.4 Å². The number of hydrogen-bond acceptors (Lipinski definition) is 4. The molecule has 1 fully saturated rings. The summed E-state index contributed by atoms with van der Waals surface area (Å²) >= 11 is 5.88. The van der Waals surface area contributed by atoms with Gasteiger partial charge in [-0.1, -0.05) is 17.7 Å². The van der Waals surface area contributed by atoms with E-state index in [1.807, 2.05) is 0 Å². The summed E-state index contributed by atoms with van der Waals surface area (Å²) in [6, 6.07) is 7.03. The minimum absolute atomic E-state index is 0.122. The maximum absolute atomic E-state index is 12.0. The number of ether oxygens (including phenoxy) is 2. The summed E-state index contributed by atoms with van der Waals surface area (Å²) in [6.45, 7) is 6.55. The Balaban J connectivity index is 1.69. The second-order valence-corrected chi connectivity index (χ2v) is 5.40. The van der Waals surface area contributed by atoms with Crippen molar-refractivity contribution in [3.05, 3.63) is 29.3 Å². The number of morpholine rings is 1. The van der Waals surface area contributed by atoms with Gasteiger partial charge < -0.3 is 14.8 Å². The first-order chi connectivity index (χ1) is 10.1. The molecule has 5 nitrogen and oxygen atoms in total. The van der Waals surface area contributed by atoms with Crippen molar-refractivity contribution in [1.29, 1.82) is 0 Å². The van der Waals surface area contributed by atoms with E-state index in [4.69, 9.17) is 21.1 Å². The molecule has 0 aromatic heterocycles. The smallest absolute Gasteiger partial charge is 0.260 e. The highest BCUT2D eigenvalue weighted by Gasteiger charge is 2.15. The molecule has 0 saturated carbocycles.